The van der Waals surface area contributed by atoms with Crippen LogP contribution in [0.5, 0.6) is 0 Å². The lowest BCUT2D eigenvalue weighted by molar-refractivity contribution is -0.115. The molecule has 14 heavy (non-hydrogen) atoms. The first-order valence-electron chi connectivity index (χ1n) is 3.68. The van der Waals surface area contributed by atoms with Gasteiger partial charge in [0.1, 0.15) is 0 Å². The Labute approximate surface area is 86.3 Å². The lowest BCUT2D eigenvalue weighted by Crippen LogP contribution is -2.01. The Kier molecular flexibility index (Phi) is 5.33. The van der Waals surface area contributed by atoms with Crippen LogP contribution in [-0.4, -0.2) is 17.0 Å². The summed E-state index contributed by atoms with van der Waals surface area (Å²) in [5.74, 6) is -1.27. The number of hydrogen-bond acceptors (Lipinski definition) is 2. The summed E-state index contributed by atoms with van der Waals surface area (Å²) in [5, 5.41) is 8.98. The predicted octanol–water partition coefficient (Wildman–Crippen LogP) is 1.53. The largest absolute Gasteiger partial charge is 0.478 e. The maximum absolute atomic E-state index is 10.3. The van der Waals surface area contributed by atoms with Crippen LogP contribution in [0.15, 0.2) is 24.3 Å². The first kappa shape index (κ1) is 12.5. The molecule has 0 aliphatic heterocycles. The molecule has 0 fully saturated rings. The van der Waals surface area contributed by atoms with Gasteiger partial charge in [0, 0.05) is 11.9 Å². The van der Waals surface area contributed by atoms with E-state index in [1.807, 2.05) is 0 Å². The minimum absolute atomic E-state index is 0.254. The van der Waals surface area contributed by atoms with Crippen LogP contribution in [0.2, 0.25) is 5.02 Å². The molecule has 1 aromatic carbocycles. The Balaban J connectivity index is 0.000000364. The van der Waals surface area contributed by atoms with Gasteiger partial charge in [0.2, 0.25) is 5.91 Å². The van der Waals surface area contributed by atoms with Crippen LogP contribution in [-0.2, 0) is 4.79 Å². The number of rotatable bonds is 1. The zero-order chi connectivity index (χ0) is 11.1. The normalized spacial score (nSPS) is 8.43. The highest BCUT2D eigenvalue weighted by Crippen LogP contribution is 2.08. The summed E-state index contributed by atoms with van der Waals surface area (Å²) in [7, 11) is 0. The molecule has 3 N–H and O–H groups in total. The van der Waals surface area contributed by atoms with Gasteiger partial charge in [-0.15, -0.1) is 0 Å². The Morgan fingerprint density at radius 3 is 1.93 bits per heavy atom. The molecule has 1 aromatic rings. The van der Waals surface area contributed by atoms with Gasteiger partial charge in [-0.1, -0.05) is 11.6 Å². The van der Waals surface area contributed by atoms with Crippen LogP contribution in [0.25, 0.3) is 0 Å². The minimum Gasteiger partial charge on any atom is -0.478 e. The molecular weight excluding hydrogens is 206 g/mol. The molecule has 0 saturated heterocycles. The van der Waals surface area contributed by atoms with E-state index in [1.54, 1.807) is 12.1 Å². The molecule has 0 atom stereocenters. The SMILES string of the molecule is CC(N)=O.O=C(O)c1ccc(Cl)cc1. The average Bonchev–Trinajstić information content (AvgIpc) is 2.03. The number of hydrogen-bond donors (Lipinski definition) is 2. The number of benzene rings is 1. The third-order valence-corrected chi connectivity index (χ3v) is 1.34. The molecule has 76 valence electrons. The van der Waals surface area contributed by atoms with E-state index in [2.05, 4.69) is 5.73 Å². The van der Waals surface area contributed by atoms with Gasteiger partial charge in [-0.25, -0.2) is 4.79 Å². The van der Waals surface area contributed by atoms with Gasteiger partial charge in [0.25, 0.3) is 0 Å². The first-order chi connectivity index (χ1) is 6.43. The minimum atomic E-state index is -0.934. The maximum Gasteiger partial charge on any atom is 0.335 e. The standard InChI is InChI=1S/C7H5ClO2.C2H5NO/c8-6-3-1-5(2-4-6)7(9)10;1-2(3)4/h1-4H,(H,9,10);1H3,(H2,3,4). The summed E-state index contributed by atoms with van der Waals surface area (Å²) in [4.78, 5) is 19.5. The van der Waals surface area contributed by atoms with Gasteiger partial charge >= 0.3 is 5.97 Å². The summed E-state index contributed by atoms with van der Waals surface area (Å²) < 4.78 is 0. The molecule has 1 rings (SSSR count). The average molecular weight is 216 g/mol. The molecule has 0 heterocycles. The highest BCUT2D eigenvalue weighted by atomic mass is 35.5. The third-order valence-electron chi connectivity index (χ3n) is 1.09. The summed E-state index contributed by atoms with van der Waals surface area (Å²) >= 11 is 5.52. The van der Waals surface area contributed by atoms with E-state index in [0.29, 0.717) is 5.02 Å². The van der Waals surface area contributed by atoms with Crippen LogP contribution < -0.4 is 5.73 Å². The summed E-state index contributed by atoms with van der Waals surface area (Å²) in [6.45, 7) is 1.31. The predicted molar refractivity (Wildman–Crippen MR) is 53.3 cm³/mol. The van der Waals surface area contributed by atoms with Crippen LogP contribution in [0.3, 0.4) is 0 Å². The van der Waals surface area contributed by atoms with Crippen molar-refractivity contribution in [2.24, 2.45) is 5.73 Å². The molecule has 0 unspecified atom stereocenters. The second-order valence-electron chi connectivity index (χ2n) is 2.42. The van der Waals surface area contributed by atoms with Crippen molar-refractivity contribution >= 4 is 23.5 Å². The molecule has 0 radical (unpaired) electrons. The highest BCUT2D eigenvalue weighted by molar-refractivity contribution is 6.30. The van der Waals surface area contributed by atoms with Gasteiger partial charge in [-0.05, 0) is 24.3 Å². The van der Waals surface area contributed by atoms with Crippen molar-refractivity contribution in [1.29, 1.82) is 0 Å². The first-order valence-corrected chi connectivity index (χ1v) is 4.06. The molecule has 0 aliphatic carbocycles. The highest BCUT2D eigenvalue weighted by Gasteiger charge is 1.99. The van der Waals surface area contributed by atoms with Crippen molar-refractivity contribution in [1.82, 2.24) is 0 Å². The topological polar surface area (TPSA) is 80.4 Å². The summed E-state index contributed by atoms with van der Waals surface area (Å²) in [5.41, 5.74) is 4.73. The van der Waals surface area contributed by atoms with Gasteiger partial charge in [0.15, 0.2) is 0 Å². The Hall–Kier alpha value is -1.55. The number of amides is 1. The lowest BCUT2D eigenvalue weighted by atomic mass is 10.2. The number of carboxylic acid groups (broad SMARTS) is 1. The molecule has 0 aromatic heterocycles. The second kappa shape index (κ2) is 5.99. The van der Waals surface area contributed by atoms with Crippen LogP contribution in [0, 0.1) is 0 Å². The van der Waals surface area contributed by atoms with Crippen molar-refractivity contribution < 1.29 is 14.7 Å². The Morgan fingerprint density at radius 2 is 1.64 bits per heavy atom. The van der Waals surface area contributed by atoms with Crippen molar-refractivity contribution in [3.63, 3.8) is 0 Å². The molecule has 4 nitrogen and oxygen atoms in total. The Morgan fingerprint density at radius 1 is 1.29 bits per heavy atom. The van der Waals surface area contributed by atoms with Crippen molar-refractivity contribution in [3.8, 4) is 0 Å². The van der Waals surface area contributed by atoms with Gasteiger partial charge in [-0.3, -0.25) is 4.79 Å². The molecule has 0 bridgehead atoms. The molecule has 5 heteroatoms. The monoisotopic (exact) mass is 215 g/mol. The van der Waals surface area contributed by atoms with E-state index < -0.39 is 5.97 Å². The lowest BCUT2D eigenvalue weighted by Gasteiger charge is -1.91. The summed E-state index contributed by atoms with van der Waals surface area (Å²) in [6.07, 6.45) is 0. The zero-order valence-electron chi connectivity index (χ0n) is 7.53. The second-order valence-corrected chi connectivity index (χ2v) is 2.86. The number of carbonyl (C=O) groups is 2. The van der Waals surface area contributed by atoms with Gasteiger partial charge in [0.05, 0.1) is 5.56 Å². The smallest absolute Gasteiger partial charge is 0.335 e. The van der Waals surface area contributed by atoms with Gasteiger partial charge < -0.3 is 10.8 Å². The van der Waals surface area contributed by atoms with E-state index in [9.17, 15) is 9.59 Å². The maximum atomic E-state index is 10.3. The van der Waals surface area contributed by atoms with Crippen LogP contribution in [0.1, 0.15) is 17.3 Å². The van der Waals surface area contributed by atoms with E-state index >= 15 is 0 Å². The van der Waals surface area contributed by atoms with Crippen molar-refractivity contribution in [2.75, 3.05) is 0 Å². The van der Waals surface area contributed by atoms with E-state index in [4.69, 9.17) is 16.7 Å². The Bertz CT molecular complexity index is 317. The molecule has 0 aliphatic rings. The molecular formula is C9H10ClNO3. The van der Waals surface area contributed by atoms with Crippen molar-refractivity contribution in [3.05, 3.63) is 34.9 Å². The van der Waals surface area contributed by atoms with E-state index in [-0.39, 0.29) is 11.5 Å². The quantitative estimate of drug-likeness (QED) is 0.746. The fourth-order valence-corrected chi connectivity index (χ4v) is 0.718. The van der Waals surface area contributed by atoms with E-state index in [1.165, 1.54) is 19.1 Å². The van der Waals surface area contributed by atoms with Crippen LogP contribution in [0.4, 0.5) is 0 Å². The number of carbonyl (C=O) groups excluding carboxylic acids is 1. The van der Waals surface area contributed by atoms with Crippen molar-refractivity contribution in [2.45, 2.75) is 6.92 Å². The third kappa shape index (κ3) is 6.02. The van der Waals surface area contributed by atoms with Crippen LogP contribution >= 0.6 is 11.6 Å². The number of carboxylic acids is 1. The number of nitrogens with two attached hydrogens (primary N) is 1. The number of primary amides is 1. The molecule has 1 amide bonds. The fourth-order valence-electron chi connectivity index (χ4n) is 0.592. The van der Waals surface area contributed by atoms with E-state index in [0.717, 1.165) is 0 Å². The number of halogens is 1. The number of aromatic carboxylic acids is 1. The van der Waals surface area contributed by atoms with Gasteiger partial charge in [-0.2, -0.15) is 0 Å². The fraction of sp³-hybridized carbons (Fsp3) is 0.111. The molecule has 0 spiro atoms. The molecule has 0 saturated carbocycles. The summed E-state index contributed by atoms with van der Waals surface area (Å²) in [6, 6.07) is 6.02. The zero-order valence-corrected chi connectivity index (χ0v) is 8.28.